The summed E-state index contributed by atoms with van der Waals surface area (Å²) in [5, 5.41) is 10.9. The molecule has 0 aliphatic carbocycles. The summed E-state index contributed by atoms with van der Waals surface area (Å²) in [5.74, 6) is 3.00. The largest absolute Gasteiger partial charge is 0.296 e. The number of nitrogens with one attached hydrogen (secondary N) is 1. The number of anilines is 1. The van der Waals surface area contributed by atoms with Crippen LogP contribution in [0.15, 0.2) is 28.6 Å². The van der Waals surface area contributed by atoms with Crippen molar-refractivity contribution in [1.82, 2.24) is 14.5 Å². The third-order valence-corrected chi connectivity index (χ3v) is 3.88. The number of imidazole rings is 1. The van der Waals surface area contributed by atoms with E-state index in [0.717, 1.165) is 11.2 Å². The first-order chi connectivity index (χ1) is 11.2. The van der Waals surface area contributed by atoms with Crippen LogP contribution in [0.3, 0.4) is 0 Å². The molecule has 118 valence electrons. The molecular formula is C16H18N6O. The van der Waals surface area contributed by atoms with Gasteiger partial charge in [0.25, 0.3) is 0 Å². The van der Waals surface area contributed by atoms with E-state index in [0.29, 0.717) is 38.2 Å². The molecule has 0 saturated carbocycles. The van der Waals surface area contributed by atoms with E-state index < -0.39 is 5.66 Å². The molecule has 3 rings (SSSR count). The molecule has 0 saturated heterocycles. The zero-order chi connectivity index (χ0) is 16.3. The van der Waals surface area contributed by atoms with E-state index in [1.807, 2.05) is 23.6 Å². The summed E-state index contributed by atoms with van der Waals surface area (Å²) < 4.78 is 1.88. The van der Waals surface area contributed by atoms with E-state index in [4.69, 9.17) is 6.42 Å². The second-order valence-electron chi connectivity index (χ2n) is 5.46. The Hall–Kier alpha value is -2.75. The molecule has 0 fully saturated rings. The van der Waals surface area contributed by atoms with Gasteiger partial charge >= 0.3 is 0 Å². The summed E-state index contributed by atoms with van der Waals surface area (Å²) in [6.45, 7) is 2.67. The molecule has 1 aliphatic heterocycles. The van der Waals surface area contributed by atoms with Crippen molar-refractivity contribution < 1.29 is 4.79 Å². The highest BCUT2D eigenvalue weighted by molar-refractivity contribution is 5.91. The van der Waals surface area contributed by atoms with Gasteiger partial charge in [0, 0.05) is 38.4 Å². The van der Waals surface area contributed by atoms with Crippen LogP contribution in [0.4, 0.5) is 5.95 Å². The first-order valence-electron chi connectivity index (χ1n) is 7.66. The molecule has 0 aromatic carbocycles. The summed E-state index contributed by atoms with van der Waals surface area (Å²) >= 11 is 0. The molecule has 1 amide bonds. The molecule has 7 nitrogen and oxygen atoms in total. The summed E-state index contributed by atoms with van der Waals surface area (Å²) in [6.07, 6.45) is 9.20. The lowest BCUT2D eigenvalue weighted by Gasteiger charge is -2.09. The molecular weight excluding hydrogens is 292 g/mol. The Kier molecular flexibility index (Phi) is 4.06. The van der Waals surface area contributed by atoms with Crippen LogP contribution in [0, 0.1) is 12.3 Å². The average molecular weight is 310 g/mol. The van der Waals surface area contributed by atoms with Gasteiger partial charge in [-0.3, -0.25) is 14.7 Å². The zero-order valence-electron chi connectivity index (χ0n) is 13.0. The van der Waals surface area contributed by atoms with Crippen LogP contribution < -0.4 is 5.32 Å². The monoisotopic (exact) mass is 310 g/mol. The van der Waals surface area contributed by atoms with E-state index >= 15 is 0 Å². The number of hydrogen-bond acceptors (Lipinski definition) is 5. The molecule has 0 bridgehead atoms. The van der Waals surface area contributed by atoms with Crippen molar-refractivity contribution in [2.75, 3.05) is 5.32 Å². The normalized spacial score (nSPS) is 14.6. The topological polar surface area (TPSA) is 84.5 Å². The quantitative estimate of drug-likeness (QED) is 0.798. The third-order valence-electron chi connectivity index (χ3n) is 3.88. The van der Waals surface area contributed by atoms with Crippen molar-refractivity contribution >= 4 is 23.0 Å². The zero-order valence-corrected chi connectivity index (χ0v) is 13.0. The lowest BCUT2D eigenvalue weighted by molar-refractivity contribution is -0.116. The van der Waals surface area contributed by atoms with E-state index in [9.17, 15) is 4.79 Å². The Morgan fingerprint density at radius 3 is 2.96 bits per heavy atom. The highest BCUT2D eigenvalue weighted by atomic mass is 16.1. The van der Waals surface area contributed by atoms with Crippen molar-refractivity contribution in [3.8, 4) is 12.3 Å². The van der Waals surface area contributed by atoms with Crippen molar-refractivity contribution in [1.29, 1.82) is 0 Å². The number of aromatic nitrogens is 3. The maximum absolute atomic E-state index is 12.2. The maximum atomic E-state index is 12.2. The summed E-state index contributed by atoms with van der Waals surface area (Å²) in [4.78, 5) is 20.9. The number of aryl methyl sites for hydroxylation is 1. The van der Waals surface area contributed by atoms with Crippen molar-refractivity contribution in [2.24, 2.45) is 10.2 Å². The highest BCUT2D eigenvalue weighted by Crippen LogP contribution is 2.37. The molecule has 2 aromatic heterocycles. The molecule has 1 N–H and O–H groups in total. The van der Waals surface area contributed by atoms with Crippen LogP contribution in [0.1, 0.15) is 32.6 Å². The lowest BCUT2D eigenvalue weighted by atomic mass is 10.0. The SMILES string of the molecule is C#CCCC1(CCC(=O)Nc2nc3cccnc3n2CC)N=N1. The molecule has 3 heterocycles. The molecule has 0 spiro atoms. The Bertz CT molecular complexity index is 794. The average Bonchev–Trinajstić information content (AvgIpc) is 3.25. The van der Waals surface area contributed by atoms with Gasteiger partial charge in [-0.25, -0.2) is 9.97 Å². The van der Waals surface area contributed by atoms with Crippen LogP contribution in [-0.2, 0) is 11.3 Å². The minimum Gasteiger partial charge on any atom is -0.296 e. The molecule has 7 heteroatoms. The molecule has 0 unspecified atom stereocenters. The molecule has 23 heavy (non-hydrogen) atoms. The summed E-state index contributed by atoms with van der Waals surface area (Å²) in [6, 6.07) is 3.70. The number of pyridine rings is 1. The Morgan fingerprint density at radius 1 is 1.43 bits per heavy atom. The van der Waals surface area contributed by atoms with Crippen LogP contribution in [0.25, 0.3) is 11.2 Å². The number of nitrogens with zero attached hydrogens (tertiary/aromatic N) is 5. The Morgan fingerprint density at radius 2 is 2.26 bits per heavy atom. The maximum Gasteiger partial charge on any atom is 0.226 e. The number of fused-ring (bicyclic) bond motifs is 1. The fraction of sp³-hybridized carbons (Fsp3) is 0.438. The predicted octanol–water partition coefficient (Wildman–Crippen LogP) is 2.75. The second kappa shape index (κ2) is 6.16. The predicted molar refractivity (Wildman–Crippen MR) is 86.7 cm³/mol. The second-order valence-corrected chi connectivity index (χ2v) is 5.46. The van der Waals surface area contributed by atoms with Gasteiger partial charge in [-0.1, -0.05) is 0 Å². The smallest absolute Gasteiger partial charge is 0.226 e. The van der Waals surface area contributed by atoms with Gasteiger partial charge in [-0.15, -0.1) is 12.3 Å². The number of rotatable bonds is 7. The number of carbonyl (C=O) groups excluding carboxylic acids is 1. The molecule has 1 aliphatic rings. The first-order valence-corrected chi connectivity index (χ1v) is 7.66. The van der Waals surface area contributed by atoms with Crippen molar-refractivity contribution in [3.05, 3.63) is 18.3 Å². The standard InChI is InChI=1S/C16H18N6O/c1-3-5-9-16(20-21-16)10-8-13(23)19-15-18-12-7-6-11-17-14(12)22(15)4-2/h1,6-7,11H,4-5,8-10H2,2H3,(H,18,19,23). The minimum atomic E-state index is -0.434. The fourth-order valence-corrected chi connectivity index (χ4v) is 2.52. The van der Waals surface area contributed by atoms with Gasteiger partial charge in [-0.2, -0.15) is 10.2 Å². The van der Waals surface area contributed by atoms with Gasteiger partial charge in [0.05, 0.1) is 0 Å². The van der Waals surface area contributed by atoms with E-state index in [2.05, 4.69) is 31.4 Å². The van der Waals surface area contributed by atoms with Crippen LogP contribution in [-0.4, -0.2) is 26.1 Å². The van der Waals surface area contributed by atoms with Crippen LogP contribution >= 0.6 is 0 Å². The minimum absolute atomic E-state index is 0.104. The molecule has 0 radical (unpaired) electrons. The summed E-state index contributed by atoms with van der Waals surface area (Å²) in [5.41, 5.74) is 1.10. The van der Waals surface area contributed by atoms with Gasteiger partial charge in [-0.05, 0) is 19.1 Å². The highest BCUT2D eigenvalue weighted by Gasteiger charge is 2.39. The number of terminal acetylenes is 1. The third kappa shape index (κ3) is 3.21. The van der Waals surface area contributed by atoms with Gasteiger partial charge in [0.15, 0.2) is 11.3 Å². The van der Waals surface area contributed by atoms with E-state index in [1.165, 1.54) is 0 Å². The Balaban J connectivity index is 1.63. The van der Waals surface area contributed by atoms with Crippen LogP contribution in [0.2, 0.25) is 0 Å². The lowest BCUT2D eigenvalue weighted by Crippen LogP contribution is -2.19. The molecule has 2 aromatic rings. The van der Waals surface area contributed by atoms with Crippen molar-refractivity contribution in [3.63, 3.8) is 0 Å². The van der Waals surface area contributed by atoms with Gasteiger partial charge in [0.2, 0.25) is 11.9 Å². The van der Waals surface area contributed by atoms with Gasteiger partial charge < -0.3 is 0 Å². The number of carbonyl (C=O) groups is 1. The van der Waals surface area contributed by atoms with Crippen LogP contribution in [0.5, 0.6) is 0 Å². The number of amides is 1. The number of hydrogen-bond donors (Lipinski definition) is 1. The fourth-order valence-electron chi connectivity index (χ4n) is 2.52. The van der Waals surface area contributed by atoms with E-state index in [1.54, 1.807) is 6.20 Å². The molecule has 0 atom stereocenters. The first kappa shape index (κ1) is 15.2. The summed E-state index contributed by atoms with van der Waals surface area (Å²) in [7, 11) is 0. The Labute approximate surface area is 134 Å². The van der Waals surface area contributed by atoms with E-state index in [-0.39, 0.29) is 5.91 Å². The van der Waals surface area contributed by atoms with Crippen molar-refractivity contribution in [2.45, 2.75) is 44.8 Å². The van der Waals surface area contributed by atoms with Gasteiger partial charge in [0.1, 0.15) is 5.52 Å².